The van der Waals surface area contributed by atoms with Crippen LogP contribution in [0.3, 0.4) is 0 Å². The fraction of sp³-hybridized carbons (Fsp3) is 0.480. The number of rotatable bonds is 6. The average Bonchev–Trinajstić information content (AvgIpc) is 2.81. The van der Waals surface area contributed by atoms with Crippen molar-refractivity contribution in [2.24, 2.45) is 0 Å². The maximum Gasteiger partial charge on any atom is 0.244 e. The summed E-state index contributed by atoms with van der Waals surface area (Å²) in [5, 5.41) is 0. The minimum absolute atomic E-state index is 0.229. The molecule has 5 nitrogen and oxygen atoms in total. The number of carbonyl (C=O) groups is 1. The molecule has 5 heteroatoms. The Hall–Kier alpha value is -2.37. The minimum atomic E-state index is -0.262. The number of amides is 1. The maximum atomic E-state index is 13.6. The van der Waals surface area contributed by atoms with Crippen LogP contribution in [0.1, 0.15) is 36.4 Å². The summed E-state index contributed by atoms with van der Waals surface area (Å²) < 4.78 is 5.53. The summed E-state index contributed by atoms with van der Waals surface area (Å²) in [6, 6.07) is 18.5. The first kappa shape index (κ1) is 20.9. The molecule has 0 saturated carbocycles. The molecular formula is C25H33N3O2. The van der Waals surface area contributed by atoms with E-state index in [0.29, 0.717) is 0 Å². The predicted octanol–water partition coefficient (Wildman–Crippen LogP) is 3.71. The number of benzene rings is 2. The summed E-state index contributed by atoms with van der Waals surface area (Å²) in [7, 11) is 2.08. The van der Waals surface area contributed by atoms with Crippen molar-refractivity contribution in [2.45, 2.75) is 31.8 Å². The largest absolute Gasteiger partial charge is 0.378 e. The Bertz CT molecular complexity index is 814. The fourth-order valence-corrected chi connectivity index (χ4v) is 4.63. The summed E-state index contributed by atoms with van der Waals surface area (Å²) >= 11 is 0. The number of ether oxygens (including phenoxy) is 1. The Balaban J connectivity index is 1.58. The lowest BCUT2D eigenvalue weighted by Crippen LogP contribution is -2.44. The van der Waals surface area contributed by atoms with Gasteiger partial charge in [0, 0.05) is 38.4 Å². The average molecular weight is 408 g/mol. The molecule has 0 unspecified atom stereocenters. The van der Waals surface area contributed by atoms with Gasteiger partial charge in [0.25, 0.3) is 0 Å². The van der Waals surface area contributed by atoms with E-state index >= 15 is 0 Å². The number of anilines is 1. The van der Waals surface area contributed by atoms with E-state index in [1.54, 1.807) is 0 Å². The first-order valence-electron chi connectivity index (χ1n) is 11.2. The highest BCUT2D eigenvalue weighted by Gasteiger charge is 2.30. The molecule has 30 heavy (non-hydrogen) atoms. The van der Waals surface area contributed by atoms with Crippen molar-refractivity contribution >= 4 is 11.6 Å². The van der Waals surface area contributed by atoms with E-state index in [0.717, 1.165) is 64.3 Å². The summed E-state index contributed by atoms with van der Waals surface area (Å²) in [6.45, 7) is 5.84. The highest BCUT2D eigenvalue weighted by Crippen LogP contribution is 2.29. The molecule has 1 amide bonds. The predicted molar refractivity (Wildman–Crippen MR) is 121 cm³/mol. The number of para-hydroxylation sites is 1. The van der Waals surface area contributed by atoms with Gasteiger partial charge in [0.1, 0.15) is 6.04 Å². The van der Waals surface area contributed by atoms with Crippen LogP contribution in [0.2, 0.25) is 0 Å². The lowest BCUT2D eigenvalue weighted by Gasteiger charge is -2.36. The first-order chi connectivity index (χ1) is 14.7. The second-order valence-corrected chi connectivity index (χ2v) is 8.34. The molecule has 2 fully saturated rings. The zero-order chi connectivity index (χ0) is 20.8. The van der Waals surface area contributed by atoms with Crippen LogP contribution in [0, 0.1) is 0 Å². The summed E-state index contributed by atoms with van der Waals surface area (Å²) in [5.41, 5.74) is 3.58. The molecule has 2 aliphatic rings. The zero-order valence-electron chi connectivity index (χ0n) is 18.0. The highest BCUT2D eigenvalue weighted by molar-refractivity contribution is 5.83. The number of carbonyl (C=O) groups excluding carboxylic acids is 1. The molecule has 4 rings (SSSR count). The molecule has 0 aliphatic carbocycles. The molecule has 2 aliphatic heterocycles. The number of piperidine rings is 1. The van der Waals surface area contributed by atoms with Crippen LogP contribution in [0.5, 0.6) is 0 Å². The Morgan fingerprint density at radius 1 is 0.933 bits per heavy atom. The van der Waals surface area contributed by atoms with Crippen LogP contribution in [0.15, 0.2) is 54.6 Å². The van der Waals surface area contributed by atoms with Gasteiger partial charge >= 0.3 is 0 Å². The molecule has 1 atom stereocenters. The standard InChI is InChI=1S/C25H33N3O2/c1-26(20-22-12-6-7-13-23(22)27-16-18-30-19-17-27)24(21-10-4-2-5-11-21)25(29)28-14-8-3-9-15-28/h2,4-7,10-13,24H,3,8-9,14-20H2,1H3/t24-/m1/s1. The van der Waals surface area contributed by atoms with E-state index in [-0.39, 0.29) is 11.9 Å². The van der Waals surface area contributed by atoms with Gasteiger partial charge in [-0.15, -0.1) is 0 Å². The van der Waals surface area contributed by atoms with Gasteiger partial charge in [-0.1, -0.05) is 48.5 Å². The SMILES string of the molecule is CN(Cc1ccccc1N1CCOCC1)[C@@H](C(=O)N1CCCCC1)c1ccccc1. The smallest absolute Gasteiger partial charge is 0.244 e. The molecular weight excluding hydrogens is 374 g/mol. The molecule has 2 aromatic rings. The van der Waals surface area contributed by atoms with E-state index < -0.39 is 0 Å². The first-order valence-corrected chi connectivity index (χ1v) is 11.2. The third-order valence-corrected chi connectivity index (χ3v) is 6.22. The number of hydrogen-bond donors (Lipinski definition) is 0. The minimum Gasteiger partial charge on any atom is -0.378 e. The molecule has 0 spiro atoms. The number of likely N-dealkylation sites (N-methyl/N-ethyl adjacent to an activating group) is 1. The molecule has 0 radical (unpaired) electrons. The third-order valence-electron chi connectivity index (χ3n) is 6.22. The van der Waals surface area contributed by atoms with Gasteiger partial charge < -0.3 is 14.5 Å². The van der Waals surface area contributed by atoms with Crippen LogP contribution in [-0.4, -0.2) is 62.1 Å². The van der Waals surface area contributed by atoms with Crippen LogP contribution in [-0.2, 0) is 16.1 Å². The van der Waals surface area contributed by atoms with E-state index in [1.165, 1.54) is 17.7 Å². The van der Waals surface area contributed by atoms with Gasteiger partial charge in [0.05, 0.1) is 13.2 Å². The van der Waals surface area contributed by atoms with Gasteiger partial charge in [0.15, 0.2) is 0 Å². The van der Waals surface area contributed by atoms with Gasteiger partial charge in [-0.2, -0.15) is 0 Å². The van der Waals surface area contributed by atoms with E-state index in [9.17, 15) is 4.79 Å². The van der Waals surface area contributed by atoms with Crippen LogP contribution < -0.4 is 4.90 Å². The van der Waals surface area contributed by atoms with Crippen molar-refractivity contribution in [1.82, 2.24) is 9.80 Å². The Labute approximate surface area is 180 Å². The van der Waals surface area contributed by atoms with Gasteiger partial charge in [-0.3, -0.25) is 9.69 Å². The van der Waals surface area contributed by atoms with Crippen LogP contribution in [0.4, 0.5) is 5.69 Å². The quantitative estimate of drug-likeness (QED) is 0.731. The summed E-state index contributed by atoms with van der Waals surface area (Å²) in [6.07, 6.45) is 3.44. The van der Waals surface area contributed by atoms with Crippen molar-refractivity contribution in [3.63, 3.8) is 0 Å². The normalized spacial score (nSPS) is 18.5. The number of morpholine rings is 1. The van der Waals surface area contributed by atoms with E-state index in [1.807, 2.05) is 18.2 Å². The van der Waals surface area contributed by atoms with Crippen LogP contribution in [0.25, 0.3) is 0 Å². The van der Waals surface area contributed by atoms with Gasteiger partial charge in [-0.25, -0.2) is 0 Å². The molecule has 160 valence electrons. The second kappa shape index (κ2) is 10.1. The lowest BCUT2D eigenvalue weighted by molar-refractivity contribution is -0.138. The van der Waals surface area contributed by atoms with Crippen molar-refractivity contribution in [2.75, 3.05) is 51.3 Å². The fourth-order valence-electron chi connectivity index (χ4n) is 4.63. The van der Waals surface area contributed by atoms with Crippen molar-refractivity contribution in [3.8, 4) is 0 Å². The highest BCUT2D eigenvalue weighted by atomic mass is 16.5. The third kappa shape index (κ3) is 4.85. The molecule has 2 heterocycles. The number of nitrogens with zero attached hydrogens (tertiary/aromatic N) is 3. The second-order valence-electron chi connectivity index (χ2n) is 8.34. The Morgan fingerprint density at radius 2 is 1.60 bits per heavy atom. The maximum absolute atomic E-state index is 13.6. The topological polar surface area (TPSA) is 36.0 Å². The van der Waals surface area contributed by atoms with Gasteiger partial charge in [-0.05, 0) is 43.5 Å². The van der Waals surface area contributed by atoms with Crippen molar-refractivity contribution in [3.05, 3.63) is 65.7 Å². The number of likely N-dealkylation sites (tertiary alicyclic amines) is 1. The molecule has 2 aromatic carbocycles. The molecule has 0 aromatic heterocycles. The number of hydrogen-bond acceptors (Lipinski definition) is 4. The molecule has 0 bridgehead atoms. The van der Waals surface area contributed by atoms with E-state index in [4.69, 9.17) is 4.74 Å². The van der Waals surface area contributed by atoms with Crippen LogP contribution >= 0.6 is 0 Å². The van der Waals surface area contributed by atoms with Crippen molar-refractivity contribution < 1.29 is 9.53 Å². The zero-order valence-corrected chi connectivity index (χ0v) is 18.0. The Morgan fingerprint density at radius 3 is 2.33 bits per heavy atom. The van der Waals surface area contributed by atoms with Crippen molar-refractivity contribution in [1.29, 1.82) is 0 Å². The lowest BCUT2D eigenvalue weighted by atomic mass is 10.0. The van der Waals surface area contributed by atoms with E-state index in [2.05, 4.69) is 58.1 Å². The monoisotopic (exact) mass is 407 g/mol. The van der Waals surface area contributed by atoms with Gasteiger partial charge in [0.2, 0.25) is 5.91 Å². The molecule has 2 saturated heterocycles. The molecule has 0 N–H and O–H groups in total. The summed E-state index contributed by atoms with van der Waals surface area (Å²) in [5.74, 6) is 0.229. The summed E-state index contributed by atoms with van der Waals surface area (Å²) in [4.78, 5) is 20.2. The Kier molecular flexibility index (Phi) is 7.03.